The maximum atomic E-state index is 12.3. The van der Waals surface area contributed by atoms with Gasteiger partial charge in [0.2, 0.25) is 5.91 Å². The van der Waals surface area contributed by atoms with Gasteiger partial charge in [0, 0.05) is 18.9 Å². The smallest absolute Gasteiger partial charge is 0.387 e. The lowest BCUT2D eigenvalue weighted by atomic mass is 9.98. The third-order valence-electron chi connectivity index (χ3n) is 2.93. The number of rotatable bonds is 5. The molecule has 1 fully saturated rings. The van der Waals surface area contributed by atoms with Gasteiger partial charge in [-0.25, -0.2) is 0 Å². The Hall–Kier alpha value is -1.85. The van der Waals surface area contributed by atoms with Crippen LogP contribution >= 0.6 is 0 Å². The minimum Gasteiger partial charge on any atom is -0.490 e. The van der Waals surface area contributed by atoms with Crippen LogP contribution in [0.5, 0.6) is 11.5 Å². The Balaban J connectivity index is 2.22. The van der Waals surface area contributed by atoms with Crippen LogP contribution in [-0.2, 0) is 4.79 Å². The fourth-order valence-electron chi connectivity index (χ4n) is 2.08. The number of amides is 1. The van der Waals surface area contributed by atoms with Crippen LogP contribution in [0.4, 0.5) is 8.78 Å². The molecule has 0 spiro atoms. The van der Waals surface area contributed by atoms with Gasteiger partial charge in [-0.15, -0.1) is 0 Å². The van der Waals surface area contributed by atoms with Crippen LogP contribution in [0.25, 0.3) is 0 Å². The zero-order chi connectivity index (χ0) is 13.8. The molecule has 0 bridgehead atoms. The number of halogens is 2. The second-order valence-corrected chi connectivity index (χ2v) is 4.22. The average Bonchev–Trinajstić information content (AvgIpc) is 2.78. The van der Waals surface area contributed by atoms with Crippen molar-refractivity contribution in [3.05, 3.63) is 23.8 Å². The Labute approximate surface area is 109 Å². The third-order valence-corrected chi connectivity index (χ3v) is 2.93. The minimum atomic E-state index is -2.89. The summed E-state index contributed by atoms with van der Waals surface area (Å²) in [5.41, 5.74) is 0.878. The topological polar surface area (TPSA) is 47.6 Å². The van der Waals surface area contributed by atoms with Crippen LogP contribution in [0.3, 0.4) is 0 Å². The summed E-state index contributed by atoms with van der Waals surface area (Å²) in [4.78, 5) is 11.2. The Morgan fingerprint density at radius 3 is 2.79 bits per heavy atom. The highest BCUT2D eigenvalue weighted by Crippen LogP contribution is 2.34. The molecule has 0 saturated carbocycles. The number of carbonyl (C=O) groups excluding carboxylic acids is 1. The lowest BCUT2D eigenvalue weighted by Gasteiger charge is -2.14. The van der Waals surface area contributed by atoms with E-state index >= 15 is 0 Å². The van der Waals surface area contributed by atoms with E-state index in [1.165, 1.54) is 6.07 Å². The maximum absolute atomic E-state index is 12.3. The first-order chi connectivity index (χ1) is 9.10. The molecule has 2 rings (SSSR count). The molecule has 1 saturated heterocycles. The summed E-state index contributed by atoms with van der Waals surface area (Å²) in [7, 11) is 0. The van der Waals surface area contributed by atoms with Gasteiger partial charge in [0.1, 0.15) is 0 Å². The maximum Gasteiger partial charge on any atom is 0.387 e. The first kappa shape index (κ1) is 13.6. The number of hydrogen-bond acceptors (Lipinski definition) is 3. The predicted molar refractivity (Wildman–Crippen MR) is 64.6 cm³/mol. The van der Waals surface area contributed by atoms with Crippen molar-refractivity contribution in [3.8, 4) is 11.5 Å². The van der Waals surface area contributed by atoms with Crippen LogP contribution < -0.4 is 14.8 Å². The number of carbonyl (C=O) groups is 1. The van der Waals surface area contributed by atoms with E-state index in [2.05, 4.69) is 10.1 Å². The van der Waals surface area contributed by atoms with Crippen molar-refractivity contribution in [2.75, 3.05) is 13.2 Å². The second kappa shape index (κ2) is 5.86. The highest BCUT2D eigenvalue weighted by Gasteiger charge is 2.24. The standard InChI is InChI=1S/C13H15F2NO3/c1-2-18-11-5-8(9-6-12(17)16-7-9)3-4-10(11)19-13(14)15/h3-5,9,13H,2,6-7H2,1H3,(H,16,17)/t9-/m0/s1. The Bertz CT molecular complexity index is 465. The van der Waals surface area contributed by atoms with Crippen LogP contribution in [0.15, 0.2) is 18.2 Å². The SMILES string of the molecule is CCOc1cc([C@@H]2CNC(=O)C2)ccc1OC(F)F. The molecule has 1 aromatic carbocycles. The van der Waals surface area contributed by atoms with Gasteiger partial charge < -0.3 is 14.8 Å². The molecule has 0 aliphatic carbocycles. The minimum absolute atomic E-state index is 0.00383. The summed E-state index contributed by atoms with van der Waals surface area (Å²) in [5.74, 6) is 0.334. The van der Waals surface area contributed by atoms with E-state index in [1.54, 1.807) is 19.1 Å². The molecule has 1 aliphatic heterocycles. The van der Waals surface area contributed by atoms with Gasteiger partial charge in [-0.1, -0.05) is 6.07 Å². The zero-order valence-corrected chi connectivity index (χ0v) is 10.5. The summed E-state index contributed by atoms with van der Waals surface area (Å²) in [5, 5.41) is 2.74. The summed E-state index contributed by atoms with van der Waals surface area (Å²) in [6.07, 6.45) is 0.403. The van der Waals surface area contributed by atoms with Crippen molar-refractivity contribution < 1.29 is 23.0 Å². The van der Waals surface area contributed by atoms with E-state index in [-0.39, 0.29) is 23.3 Å². The van der Waals surface area contributed by atoms with Crippen LogP contribution in [0.1, 0.15) is 24.8 Å². The highest BCUT2D eigenvalue weighted by molar-refractivity contribution is 5.79. The molecule has 1 aliphatic rings. The van der Waals surface area contributed by atoms with Crippen molar-refractivity contribution >= 4 is 5.91 Å². The second-order valence-electron chi connectivity index (χ2n) is 4.22. The van der Waals surface area contributed by atoms with E-state index in [0.717, 1.165) is 5.56 Å². The number of hydrogen-bond donors (Lipinski definition) is 1. The molecule has 104 valence electrons. The van der Waals surface area contributed by atoms with Crippen molar-refractivity contribution in [1.82, 2.24) is 5.32 Å². The molecule has 19 heavy (non-hydrogen) atoms. The normalized spacial score (nSPS) is 18.5. The molecule has 1 atom stereocenters. The quantitative estimate of drug-likeness (QED) is 0.893. The third kappa shape index (κ3) is 3.33. The van der Waals surface area contributed by atoms with Crippen molar-refractivity contribution in [2.45, 2.75) is 25.9 Å². The zero-order valence-electron chi connectivity index (χ0n) is 10.5. The average molecular weight is 271 g/mol. The summed E-state index contributed by atoms with van der Waals surface area (Å²) in [6.45, 7) is -0.219. The van der Waals surface area contributed by atoms with Gasteiger partial charge in [-0.3, -0.25) is 4.79 Å². The molecule has 0 unspecified atom stereocenters. The van der Waals surface area contributed by atoms with Gasteiger partial charge in [0.25, 0.3) is 0 Å². The predicted octanol–water partition coefficient (Wildman–Crippen LogP) is 2.29. The van der Waals surface area contributed by atoms with E-state index < -0.39 is 6.61 Å². The number of nitrogens with one attached hydrogen (secondary N) is 1. The molecule has 1 heterocycles. The monoisotopic (exact) mass is 271 g/mol. The molecule has 6 heteroatoms. The Morgan fingerprint density at radius 1 is 1.42 bits per heavy atom. The summed E-state index contributed by atoms with van der Waals surface area (Å²) in [6, 6.07) is 4.80. The van der Waals surface area contributed by atoms with Crippen LogP contribution in [-0.4, -0.2) is 25.7 Å². The van der Waals surface area contributed by atoms with E-state index in [0.29, 0.717) is 19.6 Å². The van der Waals surface area contributed by atoms with Gasteiger partial charge >= 0.3 is 6.61 Å². The molecule has 0 radical (unpaired) electrons. The van der Waals surface area contributed by atoms with Crippen molar-refractivity contribution in [3.63, 3.8) is 0 Å². The lowest BCUT2D eigenvalue weighted by Crippen LogP contribution is -2.13. The van der Waals surface area contributed by atoms with E-state index in [9.17, 15) is 13.6 Å². The van der Waals surface area contributed by atoms with Gasteiger partial charge in [0.05, 0.1) is 6.61 Å². The first-order valence-electron chi connectivity index (χ1n) is 6.08. The van der Waals surface area contributed by atoms with Gasteiger partial charge in [-0.2, -0.15) is 8.78 Å². The van der Waals surface area contributed by atoms with E-state index in [4.69, 9.17) is 4.74 Å². The van der Waals surface area contributed by atoms with Crippen LogP contribution in [0.2, 0.25) is 0 Å². The van der Waals surface area contributed by atoms with E-state index in [1.807, 2.05) is 0 Å². The Kier molecular flexibility index (Phi) is 4.19. The fraction of sp³-hybridized carbons (Fsp3) is 0.462. The van der Waals surface area contributed by atoms with Crippen molar-refractivity contribution in [1.29, 1.82) is 0 Å². The highest BCUT2D eigenvalue weighted by atomic mass is 19.3. The fourth-order valence-corrected chi connectivity index (χ4v) is 2.08. The molecule has 1 N–H and O–H groups in total. The van der Waals surface area contributed by atoms with Gasteiger partial charge in [0.15, 0.2) is 11.5 Å². The Morgan fingerprint density at radius 2 is 2.21 bits per heavy atom. The molecule has 0 aromatic heterocycles. The molecular formula is C13H15F2NO3. The van der Waals surface area contributed by atoms with Crippen LogP contribution in [0, 0.1) is 0 Å². The summed E-state index contributed by atoms with van der Waals surface area (Å²) >= 11 is 0. The lowest BCUT2D eigenvalue weighted by molar-refractivity contribution is -0.119. The number of alkyl halides is 2. The molecular weight excluding hydrogens is 256 g/mol. The first-order valence-corrected chi connectivity index (χ1v) is 6.08. The van der Waals surface area contributed by atoms with Gasteiger partial charge in [-0.05, 0) is 24.6 Å². The molecule has 4 nitrogen and oxygen atoms in total. The molecule has 1 aromatic rings. The number of ether oxygens (including phenoxy) is 2. The largest absolute Gasteiger partial charge is 0.490 e. The number of benzene rings is 1. The molecule has 1 amide bonds. The summed E-state index contributed by atoms with van der Waals surface area (Å²) < 4.78 is 34.2. The van der Waals surface area contributed by atoms with Crippen molar-refractivity contribution in [2.24, 2.45) is 0 Å².